The van der Waals surface area contributed by atoms with Crippen molar-refractivity contribution in [3.63, 3.8) is 0 Å². The van der Waals surface area contributed by atoms with Crippen LogP contribution in [0.2, 0.25) is 0 Å². The van der Waals surface area contributed by atoms with Gasteiger partial charge in [-0.05, 0) is 38.0 Å². The summed E-state index contributed by atoms with van der Waals surface area (Å²) < 4.78 is 0. The molecule has 3 nitrogen and oxygen atoms in total. The van der Waals surface area contributed by atoms with Gasteiger partial charge in [0.25, 0.3) is 0 Å². The molecular weight excluding hydrogens is 212 g/mol. The van der Waals surface area contributed by atoms with Crippen molar-refractivity contribution in [2.75, 3.05) is 6.54 Å². The molecule has 0 heterocycles. The average molecular weight is 240 g/mol. The first kappa shape index (κ1) is 14.5. The van der Waals surface area contributed by atoms with Crippen molar-refractivity contribution < 1.29 is 4.79 Å². The van der Waals surface area contributed by atoms with E-state index >= 15 is 0 Å². The molecule has 1 aliphatic carbocycles. The predicted octanol–water partition coefficient (Wildman–Crippen LogP) is 2.30. The lowest BCUT2D eigenvalue weighted by molar-refractivity contribution is -0.130. The quantitative estimate of drug-likeness (QED) is 0.774. The summed E-state index contributed by atoms with van der Waals surface area (Å²) in [6.45, 7) is 8.91. The first-order chi connectivity index (χ1) is 7.98. The molecule has 0 radical (unpaired) electrons. The highest BCUT2D eigenvalue weighted by Crippen LogP contribution is 2.34. The number of carbonyl (C=O) groups excluding carboxylic acids is 1. The van der Waals surface area contributed by atoms with Gasteiger partial charge in [-0.15, -0.1) is 0 Å². The van der Waals surface area contributed by atoms with Crippen LogP contribution in [-0.4, -0.2) is 18.5 Å². The van der Waals surface area contributed by atoms with E-state index in [4.69, 9.17) is 5.73 Å². The average Bonchev–Trinajstić information content (AvgIpc) is 2.69. The van der Waals surface area contributed by atoms with Crippen LogP contribution in [0.4, 0.5) is 0 Å². The molecule has 0 bridgehead atoms. The number of nitrogens with two attached hydrogens (primary N) is 1. The molecule has 4 atom stereocenters. The van der Waals surface area contributed by atoms with Crippen LogP contribution in [0.1, 0.15) is 53.4 Å². The summed E-state index contributed by atoms with van der Waals surface area (Å²) in [4.78, 5) is 12.2. The van der Waals surface area contributed by atoms with Gasteiger partial charge in [0.05, 0.1) is 5.41 Å². The van der Waals surface area contributed by atoms with Gasteiger partial charge in [0, 0.05) is 12.6 Å². The number of nitrogens with one attached hydrogen (secondary N) is 1. The third kappa shape index (κ3) is 3.01. The molecule has 0 aliphatic heterocycles. The summed E-state index contributed by atoms with van der Waals surface area (Å²) in [7, 11) is 0. The Balaban J connectivity index is 2.58. The molecule has 0 aromatic heterocycles. The molecule has 100 valence electrons. The number of carbonyl (C=O) groups is 1. The van der Waals surface area contributed by atoms with Crippen LogP contribution in [-0.2, 0) is 4.79 Å². The van der Waals surface area contributed by atoms with E-state index in [0.29, 0.717) is 18.5 Å². The van der Waals surface area contributed by atoms with Gasteiger partial charge in [-0.3, -0.25) is 4.79 Å². The minimum atomic E-state index is -0.399. The second-order valence-corrected chi connectivity index (χ2v) is 5.80. The van der Waals surface area contributed by atoms with Crippen molar-refractivity contribution in [2.45, 2.75) is 59.4 Å². The van der Waals surface area contributed by atoms with Crippen LogP contribution in [0, 0.1) is 17.3 Å². The fourth-order valence-electron chi connectivity index (χ4n) is 2.77. The number of hydrogen-bond acceptors (Lipinski definition) is 2. The maximum atomic E-state index is 12.2. The fourth-order valence-corrected chi connectivity index (χ4v) is 2.77. The zero-order valence-corrected chi connectivity index (χ0v) is 11.8. The Morgan fingerprint density at radius 3 is 2.47 bits per heavy atom. The van der Waals surface area contributed by atoms with E-state index in [1.54, 1.807) is 0 Å². The Kier molecular flexibility index (Phi) is 4.99. The standard InChI is InChI=1S/C14H28N2O/c1-5-11-7-8-12(10(11)3)16-13(17)14(4,6-2)9-15/h10-12H,5-9,15H2,1-4H3,(H,16,17). The molecule has 0 aromatic carbocycles. The second-order valence-electron chi connectivity index (χ2n) is 5.80. The Hall–Kier alpha value is -0.570. The first-order valence-corrected chi connectivity index (χ1v) is 6.99. The third-order valence-electron chi connectivity index (χ3n) is 4.85. The zero-order valence-electron chi connectivity index (χ0n) is 11.8. The summed E-state index contributed by atoms with van der Waals surface area (Å²) in [6, 6.07) is 0.352. The van der Waals surface area contributed by atoms with Crippen LogP contribution in [0.3, 0.4) is 0 Å². The minimum Gasteiger partial charge on any atom is -0.353 e. The molecule has 1 amide bonds. The van der Waals surface area contributed by atoms with E-state index in [1.807, 2.05) is 13.8 Å². The molecule has 0 aromatic rings. The van der Waals surface area contributed by atoms with Crippen LogP contribution in [0.25, 0.3) is 0 Å². The van der Waals surface area contributed by atoms with Crippen LogP contribution >= 0.6 is 0 Å². The maximum Gasteiger partial charge on any atom is 0.227 e. The fraction of sp³-hybridized carbons (Fsp3) is 0.929. The summed E-state index contributed by atoms with van der Waals surface area (Å²) in [6.07, 6.45) is 4.38. The van der Waals surface area contributed by atoms with Gasteiger partial charge in [-0.2, -0.15) is 0 Å². The van der Waals surface area contributed by atoms with Crippen molar-refractivity contribution in [1.29, 1.82) is 0 Å². The van der Waals surface area contributed by atoms with Crippen molar-refractivity contribution in [3.05, 3.63) is 0 Å². The number of hydrogen-bond donors (Lipinski definition) is 2. The maximum absolute atomic E-state index is 12.2. The van der Waals surface area contributed by atoms with Crippen molar-refractivity contribution >= 4 is 5.91 Å². The molecule has 17 heavy (non-hydrogen) atoms. The van der Waals surface area contributed by atoms with E-state index in [1.165, 1.54) is 12.8 Å². The monoisotopic (exact) mass is 240 g/mol. The summed E-state index contributed by atoms with van der Waals surface area (Å²) >= 11 is 0. The highest BCUT2D eigenvalue weighted by Gasteiger charge is 2.36. The van der Waals surface area contributed by atoms with E-state index < -0.39 is 5.41 Å². The molecular formula is C14H28N2O. The van der Waals surface area contributed by atoms with Crippen LogP contribution in [0.15, 0.2) is 0 Å². The lowest BCUT2D eigenvalue weighted by Gasteiger charge is -2.29. The van der Waals surface area contributed by atoms with E-state index in [9.17, 15) is 4.79 Å². The normalized spacial score (nSPS) is 32.2. The minimum absolute atomic E-state index is 0.135. The Morgan fingerprint density at radius 1 is 1.41 bits per heavy atom. The van der Waals surface area contributed by atoms with Crippen LogP contribution in [0.5, 0.6) is 0 Å². The third-order valence-corrected chi connectivity index (χ3v) is 4.85. The van der Waals surface area contributed by atoms with Gasteiger partial charge in [0.1, 0.15) is 0 Å². The summed E-state index contributed by atoms with van der Waals surface area (Å²) in [5.74, 6) is 1.50. The largest absolute Gasteiger partial charge is 0.353 e. The lowest BCUT2D eigenvalue weighted by atomic mass is 9.85. The summed E-state index contributed by atoms with van der Waals surface area (Å²) in [5.41, 5.74) is 5.32. The number of amides is 1. The topological polar surface area (TPSA) is 55.1 Å². The second kappa shape index (κ2) is 5.85. The summed E-state index contributed by atoms with van der Waals surface area (Å²) in [5, 5.41) is 3.22. The Labute approximate surface area is 106 Å². The van der Waals surface area contributed by atoms with Crippen molar-refractivity contribution in [3.8, 4) is 0 Å². The van der Waals surface area contributed by atoms with Gasteiger partial charge < -0.3 is 11.1 Å². The molecule has 1 aliphatic rings. The molecule has 1 fully saturated rings. The van der Waals surface area contributed by atoms with E-state index in [2.05, 4.69) is 19.2 Å². The molecule has 0 saturated heterocycles. The Morgan fingerprint density at radius 2 is 2.06 bits per heavy atom. The molecule has 3 N–H and O–H groups in total. The number of rotatable bonds is 5. The van der Waals surface area contributed by atoms with Crippen molar-refractivity contribution in [1.82, 2.24) is 5.32 Å². The van der Waals surface area contributed by atoms with Gasteiger partial charge >= 0.3 is 0 Å². The van der Waals surface area contributed by atoms with Gasteiger partial charge in [-0.25, -0.2) is 0 Å². The molecule has 3 heteroatoms. The van der Waals surface area contributed by atoms with E-state index in [-0.39, 0.29) is 5.91 Å². The zero-order chi connectivity index (χ0) is 13.1. The highest BCUT2D eigenvalue weighted by atomic mass is 16.2. The predicted molar refractivity (Wildman–Crippen MR) is 71.6 cm³/mol. The SMILES string of the molecule is CCC1CCC(NC(=O)C(C)(CC)CN)C1C. The molecule has 1 rings (SSSR count). The highest BCUT2D eigenvalue weighted by molar-refractivity contribution is 5.82. The molecule has 0 spiro atoms. The van der Waals surface area contributed by atoms with Crippen LogP contribution < -0.4 is 11.1 Å². The van der Waals surface area contributed by atoms with Gasteiger partial charge in [-0.1, -0.05) is 27.2 Å². The smallest absolute Gasteiger partial charge is 0.227 e. The van der Waals surface area contributed by atoms with Gasteiger partial charge in [0.15, 0.2) is 0 Å². The lowest BCUT2D eigenvalue weighted by Crippen LogP contribution is -2.48. The first-order valence-electron chi connectivity index (χ1n) is 6.99. The van der Waals surface area contributed by atoms with E-state index in [0.717, 1.165) is 18.8 Å². The molecule has 4 unspecified atom stereocenters. The van der Waals surface area contributed by atoms with Crippen molar-refractivity contribution in [2.24, 2.45) is 23.0 Å². The van der Waals surface area contributed by atoms with Gasteiger partial charge in [0.2, 0.25) is 5.91 Å². The Bertz CT molecular complexity index is 261. The molecule has 1 saturated carbocycles.